The van der Waals surface area contributed by atoms with Crippen molar-refractivity contribution in [2.45, 2.75) is 6.42 Å². The van der Waals surface area contributed by atoms with E-state index in [9.17, 15) is 0 Å². The average molecular weight is 502 g/mol. The number of nitrogens with two attached hydrogens (primary N) is 1. The van der Waals surface area contributed by atoms with Crippen molar-refractivity contribution in [2.75, 3.05) is 29.9 Å². The van der Waals surface area contributed by atoms with Crippen LogP contribution in [0.5, 0.6) is 0 Å². The minimum atomic E-state index is 0. The molecule has 1 atom stereocenters. The Hall–Kier alpha value is -1.35. The Labute approximate surface area is 167 Å². The molecule has 2 heterocycles. The molecule has 1 aliphatic rings. The average Bonchev–Trinajstić information content (AvgIpc) is 3.03. The Morgan fingerprint density at radius 2 is 2.21 bits per heavy atom. The molecule has 1 fully saturated rings. The molecule has 2 aromatic rings. The summed E-state index contributed by atoms with van der Waals surface area (Å²) >= 11 is 3.53. The Kier molecular flexibility index (Phi) is 7.29. The van der Waals surface area contributed by atoms with Crippen LogP contribution in [0.1, 0.15) is 6.42 Å². The number of pyridine rings is 1. The highest BCUT2D eigenvalue weighted by molar-refractivity contribution is 14.0. The van der Waals surface area contributed by atoms with Gasteiger partial charge in [0.05, 0.1) is 0 Å². The van der Waals surface area contributed by atoms with Gasteiger partial charge in [0.1, 0.15) is 5.82 Å². The monoisotopic (exact) mass is 501 g/mol. The number of nitrogens with one attached hydrogen (secondary N) is 1. The maximum Gasteiger partial charge on any atom is 0.194 e. The molecule has 1 unspecified atom stereocenters. The van der Waals surface area contributed by atoms with Gasteiger partial charge in [0.25, 0.3) is 0 Å². The predicted octanol–water partition coefficient (Wildman–Crippen LogP) is 3.72. The van der Waals surface area contributed by atoms with Gasteiger partial charge in [-0.3, -0.25) is 4.99 Å². The highest BCUT2D eigenvalue weighted by Gasteiger charge is 2.22. The van der Waals surface area contributed by atoms with Crippen molar-refractivity contribution in [1.29, 1.82) is 0 Å². The quantitative estimate of drug-likeness (QED) is 0.380. The highest BCUT2D eigenvalue weighted by Crippen LogP contribution is 2.26. The molecule has 0 amide bonds. The molecule has 128 valence electrons. The Balaban J connectivity index is 0.00000208. The highest BCUT2D eigenvalue weighted by atomic mass is 127. The summed E-state index contributed by atoms with van der Waals surface area (Å²) in [6.07, 6.45) is 2.86. The van der Waals surface area contributed by atoms with Crippen LogP contribution in [0.15, 0.2) is 58.1 Å². The van der Waals surface area contributed by atoms with Gasteiger partial charge < -0.3 is 16.0 Å². The van der Waals surface area contributed by atoms with Crippen LogP contribution < -0.4 is 16.0 Å². The van der Waals surface area contributed by atoms with Gasteiger partial charge in [-0.25, -0.2) is 4.98 Å². The van der Waals surface area contributed by atoms with Crippen molar-refractivity contribution < 1.29 is 0 Å². The first kappa shape index (κ1) is 19.0. The van der Waals surface area contributed by atoms with Crippen LogP contribution in [-0.4, -0.2) is 30.6 Å². The van der Waals surface area contributed by atoms with Crippen LogP contribution in [0.4, 0.5) is 11.5 Å². The van der Waals surface area contributed by atoms with Crippen LogP contribution in [0.25, 0.3) is 0 Å². The maximum atomic E-state index is 5.93. The standard InChI is InChI=1S/C17H20BrN5.HI/c18-14-4-3-5-15(10-14)23-9-7-13(12-23)11-21-17(19)22-16-6-1-2-8-20-16;/h1-6,8,10,13H,7,9,11-12H2,(H3,19,20,21,22);1H. The summed E-state index contributed by atoms with van der Waals surface area (Å²) in [6.45, 7) is 2.80. The van der Waals surface area contributed by atoms with Crippen LogP contribution in [0, 0.1) is 5.92 Å². The van der Waals surface area contributed by atoms with Crippen molar-refractivity contribution >= 4 is 57.4 Å². The zero-order valence-electron chi connectivity index (χ0n) is 13.2. The molecule has 0 spiro atoms. The van der Waals surface area contributed by atoms with E-state index in [2.05, 4.69) is 54.3 Å². The zero-order chi connectivity index (χ0) is 16.1. The lowest BCUT2D eigenvalue weighted by Gasteiger charge is -2.18. The second-order valence-electron chi connectivity index (χ2n) is 5.65. The van der Waals surface area contributed by atoms with Gasteiger partial charge in [-0.1, -0.05) is 28.1 Å². The Morgan fingerprint density at radius 1 is 1.33 bits per heavy atom. The summed E-state index contributed by atoms with van der Waals surface area (Å²) in [6, 6.07) is 14.1. The summed E-state index contributed by atoms with van der Waals surface area (Å²) in [7, 11) is 0. The van der Waals surface area contributed by atoms with E-state index in [0.717, 1.165) is 36.3 Å². The molecule has 1 saturated heterocycles. The second-order valence-corrected chi connectivity index (χ2v) is 6.56. The van der Waals surface area contributed by atoms with Gasteiger partial charge in [-0.05, 0) is 42.7 Å². The van der Waals surface area contributed by atoms with Gasteiger partial charge in [0.15, 0.2) is 5.96 Å². The third kappa shape index (κ3) is 5.34. The van der Waals surface area contributed by atoms with E-state index in [0.29, 0.717) is 11.9 Å². The summed E-state index contributed by atoms with van der Waals surface area (Å²) in [4.78, 5) is 11.0. The number of aliphatic imine (C=N–C) groups is 1. The van der Waals surface area contributed by atoms with Crippen molar-refractivity contribution in [3.05, 3.63) is 53.1 Å². The zero-order valence-corrected chi connectivity index (χ0v) is 17.1. The van der Waals surface area contributed by atoms with E-state index in [1.54, 1.807) is 6.20 Å². The SMILES string of the molecule is I.NC(=NCC1CCN(c2cccc(Br)c2)C1)Nc1ccccn1. The lowest BCUT2D eigenvalue weighted by Crippen LogP contribution is -2.25. The molecule has 7 heteroatoms. The molecule has 0 aliphatic carbocycles. The number of hydrogen-bond donors (Lipinski definition) is 2. The topological polar surface area (TPSA) is 66.5 Å². The number of halogens is 2. The summed E-state index contributed by atoms with van der Waals surface area (Å²) in [5.74, 6) is 1.67. The van der Waals surface area contributed by atoms with Crippen molar-refractivity contribution in [3.63, 3.8) is 0 Å². The van der Waals surface area contributed by atoms with Crippen LogP contribution in [0.3, 0.4) is 0 Å². The summed E-state index contributed by atoms with van der Waals surface area (Å²) in [5, 5.41) is 3.01. The van der Waals surface area contributed by atoms with Crippen molar-refractivity contribution in [1.82, 2.24) is 4.98 Å². The van der Waals surface area contributed by atoms with E-state index in [1.165, 1.54) is 5.69 Å². The third-order valence-electron chi connectivity index (χ3n) is 3.90. The lowest BCUT2D eigenvalue weighted by molar-refractivity contribution is 0.603. The molecule has 1 aliphatic heterocycles. The van der Waals surface area contributed by atoms with Gasteiger partial charge >= 0.3 is 0 Å². The number of guanidine groups is 1. The molecule has 0 radical (unpaired) electrons. The van der Waals surface area contributed by atoms with Crippen molar-refractivity contribution in [3.8, 4) is 0 Å². The molecule has 3 rings (SSSR count). The second kappa shape index (κ2) is 9.22. The van der Waals surface area contributed by atoms with Crippen LogP contribution >= 0.6 is 39.9 Å². The third-order valence-corrected chi connectivity index (χ3v) is 4.39. The van der Waals surface area contributed by atoms with E-state index < -0.39 is 0 Å². The van der Waals surface area contributed by atoms with Crippen LogP contribution in [-0.2, 0) is 0 Å². The minimum absolute atomic E-state index is 0. The summed E-state index contributed by atoms with van der Waals surface area (Å²) < 4.78 is 1.11. The molecule has 1 aromatic heterocycles. The number of rotatable bonds is 4. The fourth-order valence-electron chi connectivity index (χ4n) is 2.72. The van der Waals surface area contributed by atoms with Crippen LogP contribution in [0.2, 0.25) is 0 Å². The first-order valence-corrected chi connectivity index (χ1v) is 8.48. The Bertz CT molecular complexity index is 680. The van der Waals surface area contributed by atoms with Gasteiger partial charge in [-0.15, -0.1) is 24.0 Å². The molecular weight excluding hydrogens is 481 g/mol. The van der Waals surface area contributed by atoms with E-state index in [-0.39, 0.29) is 24.0 Å². The largest absolute Gasteiger partial charge is 0.371 e. The summed E-state index contributed by atoms with van der Waals surface area (Å²) in [5.41, 5.74) is 7.18. The van der Waals surface area contributed by atoms with Gasteiger partial charge in [0.2, 0.25) is 0 Å². The smallest absolute Gasteiger partial charge is 0.194 e. The maximum absolute atomic E-state index is 5.93. The number of aromatic nitrogens is 1. The first-order chi connectivity index (χ1) is 11.2. The van der Waals surface area contributed by atoms with Gasteiger partial charge in [-0.2, -0.15) is 0 Å². The van der Waals surface area contributed by atoms with E-state index in [4.69, 9.17) is 5.73 Å². The number of nitrogens with zero attached hydrogens (tertiary/aromatic N) is 3. The van der Waals surface area contributed by atoms with E-state index in [1.807, 2.05) is 24.3 Å². The fourth-order valence-corrected chi connectivity index (χ4v) is 3.11. The fraction of sp³-hybridized carbons (Fsp3) is 0.294. The molecule has 5 nitrogen and oxygen atoms in total. The van der Waals surface area contributed by atoms with Gasteiger partial charge in [0, 0.05) is 36.0 Å². The molecule has 0 saturated carbocycles. The lowest BCUT2D eigenvalue weighted by atomic mass is 10.1. The predicted molar refractivity (Wildman–Crippen MR) is 114 cm³/mol. The molecular formula is C17H21BrIN5. The normalized spacial score (nSPS) is 17.5. The van der Waals surface area contributed by atoms with Crippen molar-refractivity contribution in [2.24, 2.45) is 16.6 Å². The molecule has 0 bridgehead atoms. The molecule has 3 N–H and O–H groups in total. The Morgan fingerprint density at radius 3 is 2.96 bits per heavy atom. The molecule has 1 aromatic carbocycles. The van der Waals surface area contributed by atoms with E-state index >= 15 is 0 Å². The minimum Gasteiger partial charge on any atom is -0.371 e. The first-order valence-electron chi connectivity index (χ1n) is 7.69. The number of hydrogen-bond acceptors (Lipinski definition) is 3. The molecule has 24 heavy (non-hydrogen) atoms. The number of anilines is 2. The number of benzene rings is 1.